The first kappa shape index (κ1) is 20.1. The molecule has 0 aliphatic carbocycles. The van der Waals surface area contributed by atoms with E-state index < -0.39 is 0 Å². The first-order valence-corrected chi connectivity index (χ1v) is 10.2. The Kier molecular flexibility index (Phi) is 7.23. The van der Waals surface area contributed by atoms with Crippen LogP contribution >= 0.6 is 0 Å². The molecule has 1 aromatic carbocycles. The van der Waals surface area contributed by atoms with Gasteiger partial charge in [-0.25, -0.2) is 9.97 Å². The number of carbonyl (C=O) groups excluding carboxylic acids is 1. The second-order valence-electron chi connectivity index (χ2n) is 7.52. The number of hydrogen-bond acceptors (Lipinski definition) is 5. The highest BCUT2D eigenvalue weighted by Crippen LogP contribution is 2.25. The van der Waals surface area contributed by atoms with Crippen molar-refractivity contribution in [2.45, 2.75) is 39.2 Å². The summed E-state index contributed by atoms with van der Waals surface area (Å²) in [4.78, 5) is 25.4. The van der Waals surface area contributed by atoms with Crippen LogP contribution in [0.15, 0.2) is 42.7 Å². The molecule has 0 saturated carbocycles. The summed E-state index contributed by atoms with van der Waals surface area (Å²) in [6.07, 6.45) is 5.48. The van der Waals surface area contributed by atoms with Gasteiger partial charge in [0, 0.05) is 45.7 Å². The van der Waals surface area contributed by atoms with E-state index in [0.29, 0.717) is 18.9 Å². The second kappa shape index (κ2) is 10.1. The van der Waals surface area contributed by atoms with Crippen molar-refractivity contribution in [3.05, 3.63) is 48.3 Å². The molecule has 1 fully saturated rings. The first-order chi connectivity index (χ1) is 13.7. The molecule has 0 spiro atoms. The third-order valence-corrected chi connectivity index (χ3v) is 5.31. The molecule has 1 atom stereocenters. The topological polar surface area (TPSA) is 61.4 Å². The van der Waals surface area contributed by atoms with E-state index in [1.807, 2.05) is 36.2 Å². The number of nitrogens with one attached hydrogen (secondary N) is 1. The Bertz CT molecular complexity index is 752. The average Bonchev–Trinajstić information content (AvgIpc) is 2.73. The molecule has 0 bridgehead atoms. The van der Waals surface area contributed by atoms with Gasteiger partial charge in [-0.1, -0.05) is 30.3 Å². The molecule has 0 radical (unpaired) electrons. The maximum Gasteiger partial charge on any atom is 0.222 e. The van der Waals surface area contributed by atoms with Crippen LogP contribution in [0.3, 0.4) is 0 Å². The number of amides is 1. The number of aromatic nitrogens is 2. The minimum Gasteiger partial charge on any atom is -0.370 e. The number of nitrogens with zero attached hydrogens (tertiary/aromatic N) is 4. The van der Waals surface area contributed by atoms with Crippen LogP contribution in [0, 0.1) is 5.92 Å². The van der Waals surface area contributed by atoms with Gasteiger partial charge in [0.05, 0.1) is 0 Å². The van der Waals surface area contributed by atoms with Crippen LogP contribution in [0.2, 0.25) is 0 Å². The third kappa shape index (κ3) is 5.68. The Labute approximate surface area is 168 Å². The zero-order chi connectivity index (χ0) is 19.8. The maximum absolute atomic E-state index is 12.5. The van der Waals surface area contributed by atoms with Crippen LogP contribution in [0.5, 0.6) is 0 Å². The molecule has 1 N–H and O–H groups in total. The van der Waals surface area contributed by atoms with Gasteiger partial charge in [0.15, 0.2) is 0 Å². The summed E-state index contributed by atoms with van der Waals surface area (Å²) >= 11 is 0. The standard InChI is InChI=1S/C22H31N5O/c1-3-23-20-14-21(25-17-24-20)27-13-7-10-19(16-27)11-12-22(28)26(2)15-18-8-5-4-6-9-18/h4-6,8-9,14,17,19H,3,7,10-13,15-16H2,1-2H3,(H,23,24,25)/t19-/m0/s1. The lowest BCUT2D eigenvalue weighted by atomic mass is 9.93. The monoisotopic (exact) mass is 381 g/mol. The Morgan fingerprint density at radius 3 is 2.89 bits per heavy atom. The van der Waals surface area contributed by atoms with Crippen molar-refractivity contribution in [2.24, 2.45) is 5.92 Å². The molecule has 1 amide bonds. The number of benzene rings is 1. The molecule has 1 aromatic heterocycles. The molecular weight excluding hydrogens is 350 g/mol. The fourth-order valence-electron chi connectivity index (χ4n) is 3.77. The van der Waals surface area contributed by atoms with Crippen molar-refractivity contribution >= 4 is 17.5 Å². The zero-order valence-electron chi connectivity index (χ0n) is 17.0. The van der Waals surface area contributed by atoms with Gasteiger partial charge in [-0.15, -0.1) is 0 Å². The number of rotatable bonds is 8. The first-order valence-electron chi connectivity index (χ1n) is 10.2. The summed E-state index contributed by atoms with van der Waals surface area (Å²) in [5.74, 6) is 2.59. The molecule has 2 heterocycles. The SMILES string of the molecule is CCNc1cc(N2CCC[C@@H](CCC(=O)N(C)Cc3ccccc3)C2)ncn1. The van der Waals surface area contributed by atoms with Crippen LogP contribution in [0.25, 0.3) is 0 Å². The molecule has 1 aliphatic heterocycles. The molecular formula is C22H31N5O. The molecule has 28 heavy (non-hydrogen) atoms. The lowest BCUT2D eigenvalue weighted by molar-refractivity contribution is -0.130. The lowest BCUT2D eigenvalue weighted by Gasteiger charge is -2.33. The maximum atomic E-state index is 12.5. The minimum atomic E-state index is 0.220. The normalized spacial score (nSPS) is 16.6. The summed E-state index contributed by atoms with van der Waals surface area (Å²) < 4.78 is 0. The van der Waals surface area contributed by atoms with Crippen molar-refractivity contribution in [1.82, 2.24) is 14.9 Å². The van der Waals surface area contributed by atoms with E-state index >= 15 is 0 Å². The van der Waals surface area contributed by atoms with E-state index in [-0.39, 0.29) is 5.91 Å². The highest BCUT2D eigenvalue weighted by Gasteiger charge is 2.22. The van der Waals surface area contributed by atoms with E-state index in [1.165, 1.54) is 12.0 Å². The van der Waals surface area contributed by atoms with Crippen LogP contribution in [0.4, 0.5) is 11.6 Å². The predicted octanol–water partition coefficient (Wildman–Crippen LogP) is 3.56. The molecule has 1 saturated heterocycles. The Hall–Kier alpha value is -2.63. The van der Waals surface area contributed by atoms with Crippen molar-refractivity contribution in [3.8, 4) is 0 Å². The van der Waals surface area contributed by atoms with Gasteiger partial charge in [-0.05, 0) is 37.7 Å². The third-order valence-electron chi connectivity index (χ3n) is 5.31. The highest BCUT2D eigenvalue weighted by atomic mass is 16.2. The van der Waals surface area contributed by atoms with Crippen LogP contribution in [-0.4, -0.2) is 47.5 Å². The van der Waals surface area contributed by atoms with Crippen LogP contribution in [0.1, 0.15) is 38.2 Å². The molecule has 3 rings (SSSR count). The quantitative estimate of drug-likeness (QED) is 0.757. The highest BCUT2D eigenvalue weighted by molar-refractivity contribution is 5.75. The van der Waals surface area contributed by atoms with Gasteiger partial charge in [0.1, 0.15) is 18.0 Å². The van der Waals surface area contributed by atoms with E-state index in [0.717, 1.165) is 44.1 Å². The fourth-order valence-corrected chi connectivity index (χ4v) is 3.77. The number of anilines is 2. The summed E-state index contributed by atoms with van der Waals surface area (Å²) in [5.41, 5.74) is 1.17. The Morgan fingerprint density at radius 2 is 2.11 bits per heavy atom. The zero-order valence-corrected chi connectivity index (χ0v) is 17.0. The summed E-state index contributed by atoms with van der Waals surface area (Å²) in [5, 5.41) is 3.24. The molecule has 6 nitrogen and oxygen atoms in total. The molecule has 1 aliphatic rings. The Balaban J connectivity index is 1.49. The number of hydrogen-bond donors (Lipinski definition) is 1. The number of piperidine rings is 1. The summed E-state index contributed by atoms with van der Waals surface area (Å²) in [6.45, 7) is 5.55. The van der Waals surface area contributed by atoms with Crippen molar-refractivity contribution in [2.75, 3.05) is 36.9 Å². The molecule has 0 unspecified atom stereocenters. The second-order valence-corrected chi connectivity index (χ2v) is 7.52. The van der Waals surface area contributed by atoms with Gasteiger partial charge < -0.3 is 15.1 Å². The lowest BCUT2D eigenvalue weighted by Crippen LogP contribution is -2.36. The van der Waals surface area contributed by atoms with E-state index in [9.17, 15) is 4.79 Å². The van der Waals surface area contributed by atoms with Gasteiger partial charge >= 0.3 is 0 Å². The molecule has 2 aromatic rings. The van der Waals surface area contributed by atoms with Gasteiger partial charge in [0.2, 0.25) is 5.91 Å². The molecule has 150 valence electrons. The van der Waals surface area contributed by atoms with Crippen molar-refractivity contribution in [1.29, 1.82) is 0 Å². The predicted molar refractivity (Wildman–Crippen MR) is 113 cm³/mol. The van der Waals surface area contributed by atoms with Crippen LogP contribution < -0.4 is 10.2 Å². The van der Waals surface area contributed by atoms with Crippen LogP contribution in [-0.2, 0) is 11.3 Å². The van der Waals surface area contributed by atoms with E-state index in [1.54, 1.807) is 6.33 Å². The summed E-state index contributed by atoms with van der Waals surface area (Å²) in [6, 6.07) is 12.2. The smallest absolute Gasteiger partial charge is 0.222 e. The molecule has 6 heteroatoms. The van der Waals surface area contributed by atoms with Crippen molar-refractivity contribution < 1.29 is 4.79 Å². The van der Waals surface area contributed by atoms with Gasteiger partial charge in [-0.3, -0.25) is 4.79 Å². The number of carbonyl (C=O) groups is 1. The van der Waals surface area contributed by atoms with Crippen molar-refractivity contribution in [3.63, 3.8) is 0 Å². The largest absolute Gasteiger partial charge is 0.370 e. The van der Waals surface area contributed by atoms with Gasteiger partial charge in [0.25, 0.3) is 0 Å². The minimum absolute atomic E-state index is 0.220. The van der Waals surface area contributed by atoms with E-state index in [2.05, 4.69) is 39.2 Å². The fraction of sp³-hybridized carbons (Fsp3) is 0.500. The average molecular weight is 382 g/mol. The Morgan fingerprint density at radius 1 is 1.29 bits per heavy atom. The van der Waals surface area contributed by atoms with Gasteiger partial charge in [-0.2, -0.15) is 0 Å². The summed E-state index contributed by atoms with van der Waals surface area (Å²) in [7, 11) is 1.89. The van der Waals surface area contributed by atoms with E-state index in [4.69, 9.17) is 0 Å².